The zero-order valence-corrected chi connectivity index (χ0v) is 10.1. The van der Waals surface area contributed by atoms with Crippen LogP contribution in [0, 0.1) is 5.82 Å². The van der Waals surface area contributed by atoms with E-state index in [1.165, 1.54) is 12.3 Å². The summed E-state index contributed by atoms with van der Waals surface area (Å²) < 4.78 is 18.9. The largest absolute Gasteiger partial charge is 0.455 e. The maximum atomic E-state index is 13.5. The molecule has 3 N–H and O–H groups in total. The normalized spacial score (nSPS) is 10.7. The molecule has 1 heterocycles. The highest BCUT2D eigenvalue weighted by Crippen LogP contribution is 2.23. The van der Waals surface area contributed by atoms with Gasteiger partial charge in [0.2, 0.25) is 0 Å². The van der Waals surface area contributed by atoms with Crippen LogP contribution in [0.1, 0.15) is 5.76 Å². The molecule has 0 saturated heterocycles. The van der Waals surface area contributed by atoms with E-state index in [1.54, 1.807) is 30.3 Å². The average Bonchev–Trinajstić information content (AvgIpc) is 2.78. The molecule has 0 radical (unpaired) electrons. The molecular weight excluding hydrogens is 253 g/mol. The van der Waals surface area contributed by atoms with E-state index in [2.05, 4.69) is 22.7 Å². The molecule has 0 atom stereocenters. The lowest BCUT2D eigenvalue weighted by Crippen LogP contribution is -2.23. The van der Waals surface area contributed by atoms with Gasteiger partial charge < -0.3 is 10.2 Å². The second kappa shape index (κ2) is 5.42. The summed E-state index contributed by atoms with van der Waals surface area (Å²) in [4.78, 5) is 0. The van der Waals surface area contributed by atoms with Crippen LogP contribution in [-0.4, -0.2) is 11.3 Å². The molecule has 0 aliphatic heterocycles. The van der Waals surface area contributed by atoms with E-state index >= 15 is 0 Å². The maximum Gasteiger partial charge on any atom is 0.184 e. The first-order valence-corrected chi connectivity index (χ1v) is 5.51. The molecule has 18 heavy (non-hydrogen) atoms. The monoisotopic (exact) mass is 263 g/mol. The van der Waals surface area contributed by atoms with Crippen LogP contribution >= 0.6 is 12.2 Å². The van der Waals surface area contributed by atoms with Crippen LogP contribution in [0.15, 0.2) is 45.9 Å². The Bertz CT molecular complexity index is 595. The van der Waals surface area contributed by atoms with Gasteiger partial charge in [0.1, 0.15) is 17.3 Å². The second-order valence-electron chi connectivity index (χ2n) is 3.42. The van der Waals surface area contributed by atoms with Gasteiger partial charge in [0.15, 0.2) is 5.11 Å². The van der Waals surface area contributed by atoms with Crippen molar-refractivity contribution in [2.24, 2.45) is 10.8 Å². The molecule has 6 heteroatoms. The number of halogens is 1. The Morgan fingerprint density at radius 1 is 1.33 bits per heavy atom. The molecule has 92 valence electrons. The van der Waals surface area contributed by atoms with Gasteiger partial charge in [-0.2, -0.15) is 5.10 Å². The molecule has 0 bridgehead atoms. The molecule has 0 spiro atoms. The number of benzene rings is 1. The first kappa shape index (κ1) is 12.3. The van der Waals surface area contributed by atoms with E-state index in [1.807, 2.05) is 0 Å². The van der Waals surface area contributed by atoms with Crippen LogP contribution in [-0.2, 0) is 0 Å². The summed E-state index contributed by atoms with van der Waals surface area (Å²) >= 11 is 4.58. The Balaban J connectivity index is 2.18. The Morgan fingerprint density at radius 3 is 2.83 bits per heavy atom. The standard InChI is InChI=1S/C12H10FN3OS/c13-10-4-2-1-3-9(10)11-6-5-8(17-11)7-15-16-12(14)18/h1-7H,(H3,14,16,18). The molecule has 4 nitrogen and oxygen atoms in total. The molecule has 0 aliphatic carbocycles. The summed E-state index contributed by atoms with van der Waals surface area (Å²) in [6.07, 6.45) is 1.41. The van der Waals surface area contributed by atoms with Crippen molar-refractivity contribution in [2.45, 2.75) is 0 Å². The van der Waals surface area contributed by atoms with Gasteiger partial charge in [-0.1, -0.05) is 12.1 Å². The van der Waals surface area contributed by atoms with Gasteiger partial charge in [-0.05, 0) is 36.5 Å². The highest BCUT2D eigenvalue weighted by Gasteiger charge is 2.07. The summed E-state index contributed by atoms with van der Waals surface area (Å²) in [5.74, 6) is 0.568. The molecule has 0 amide bonds. The highest BCUT2D eigenvalue weighted by molar-refractivity contribution is 7.80. The maximum absolute atomic E-state index is 13.5. The second-order valence-corrected chi connectivity index (χ2v) is 3.86. The molecule has 0 unspecified atom stereocenters. The predicted molar refractivity (Wildman–Crippen MR) is 71.6 cm³/mol. The van der Waals surface area contributed by atoms with Gasteiger partial charge in [-0.15, -0.1) is 0 Å². The van der Waals surface area contributed by atoms with E-state index in [9.17, 15) is 4.39 Å². The quantitative estimate of drug-likeness (QED) is 0.506. The minimum absolute atomic E-state index is 0.0622. The van der Waals surface area contributed by atoms with E-state index in [-0.39, 0.29) is 10.9 Å². The van der Waals surface area contributed by atoms with E-state index in [4.69, 9.17) is 10.2 Å². The number of hydrogen-bond donors (Lipinski definition) is 2. The van der Waals surface area contributed by atoms with Gasteiger partial charge in [-0.25, -0.2) is 4.39 Å². The first-order chi connectivity index (χ1) is 8.66. The molecular formula is C12H10FN3OS. The number of hydrogen-bond acceptors (Lipinski definition) is 3. The smallest absolute Gasteiger partial charge is 0.184 e. The van der Waals surface area contributed by atoms with Crippen LogP contribution in [0.2, 0.25) is 0 Å². The third-order valence-corrected chi connectivity index (χ3v) is 2.22. The predicted octanol–water partition coefficient (Wildman–Crippen LogP) is 2.25. The van der Waals surface area contributed by atoms with Crippen molar-refractivity contribution in [1.29, 1.82) is 0 Å². The number of nitrogens with zero attached hydrogens (tertiary/aromatic N) is 1. The summed E-state index contributed by atoms with van der Waals surface area (Å²) in [5.41, 5.74) is 8.00. The number of thiocarbonyl (C=S) groups is 1. The average molecular weight is 263 g/mol. The van der Waals surface area contributed by atoms with Crippen LogP contribution in [0.5, 0.6) is 0 Å². The lowest BCUT2D eigenvalue weighted by Gasteiger charge is -1.97. The van der Waals surface area contributed by atoms with E-state index in [0.29, 0.717) is 17.1 Å². The molecule has 0 aliphatic rings. The number of nitrogens with one attached hydrogen (secondary N) is 1. The number of hydrazone groups is 1. The summed E-state index contributed by atoms with van der Waals surface area (Å²) in [6, 6.07) is 9.72. The fraction of sp³-hybridized carbons (Fsp3) is 0. The Labute approximate surface area is 108 Å². The molecule has 2 rings (SSSR count). The van der Waals surface area contributed by atoms with Crippen molar-refractivity contribution in [1.82, 2.24) is 5.43 Å². The number of nitrogens with two attached hydrogens (primary N) is 1. The van der Waals surface area contributed by atoms with Gasteiger partial charge in [0.05, 0.1) is 11.8 Å². The van der Waals surface area contributed by atoms with Crippen molar-refractivity contribution in [3.63, 3.8) is 0 Å². The van der Waals surface area contributed by atoms with Gasteiger partial charge in [-0.3, -0.25) is 5.43 Å². The van der Waals surface area contributed by atoms with Crippen LogP contribution < -0.4 is 11.2 Å². The first-order valence-electron chi connectivity index (χ1n) is 5.10. The van der Waals surface area contributed by atoms with Crippen molar-refractivity contribution in [3.05, 3.63) is 48.0 Å². The summed E-state index contributed by atoms with van der Waals surface area (Å²) in [6.45, 7) is 0. The highest BCUT2D eigenvalue weighted by atomic mass is 32.1. The number of furan rings is 1. The molecule has 0 fully saturated rings. The van der Waals surface area contributed by atoms with Crippen molar-refractivity contribution in [2.75, 3.05) is 0 Å². The molecule has 1 aromatic heterocycles. The molecule has 0 saturated carbocycles. The lowest BCUT2D eigenvalue weighted by molar-refractivity contribution is 0.563. The minimum Gasteiger partial charge on any atom is -0.455 e. The fourth-order valence-corrected chi connectivity index (χ4v) is 1.44. The van der Waals surface area contributed by atoms with Crippen LogP contribution in [0.4, 0.5) is 4.39 Å². The van der Waals surface area contributed by atoms with E-state index in [0.717, 1.165) is 0 Å². The van der Waals surface area contributed by atoms with Crippen molar-refractivity contribution < 1.29 is 8.81 Å². The number of rotatable bonds is 3. The Morgan fingerprint density at radius 2 is 2.11 bits per heavy atom. The fourth-order valence-electron chi connectivity index (χ4n) is 1.39. The van der Waals surface area contributed by atoms with Crippen molar-refractivity contribution in [3.8, 4) is 11.3 Å². The van der Waals surface area contributed by atoms with Gasteiger partial charge in [0, 0.05) is 0 Å². The summed E-state index contributed by atoms with van der Waals surface area (Å²) in [7, 11) is 0. The summed E-state index contributed by atoms with van der Waals surface area (Å²) in [5, 5.41) is 3.80. The van der Waals surface area contributed by atoms with Crippen molar-refractivity contribution >= 4 is 23.5 Å². The Kier molecular flexibility index (Phi) is 3.69. The van der Waals surface area contributed by atoms with Crippen LogP contribution in [0.25, 0.3) is 11.3 Å². The Hall–Kier alpha value is -2.21. The van der Waals surface area contributed by atoms with E-state index < -0.39 is 0 Å². The third kappa shape index (κ3) is 2.92. The third-order valence-electron chi connectivity index (χ3n) is 2.13. The van der Waals surface area contributed by atoms with Gasteiger partial charge >= 0.3 is 0 Å². The topological polar surface area (TPSA) is 63.5 Å². The SMILES string of the molecule is NC(=S)NN=Cc1ccc(-c2ccccc2F)o1. The molecule has 1 aromatic carbocycles. The van der Waals surface area contributed by atoms with Crippen LogP contribution in [0.3, 0.4) is 0 Å². The molecule has 2 aromatic rings. The lowest BCUT2D eigenvalue weighted by atomic mass is 10.1. The zero-order valence-electron chi connectivity index (χ0n) is 9.26. The van der Waals surface area contributed by atoms with Gasteiger partial charge in [0.25, 0.3) is 0 Å². The minimum atomic E-state index is -0.336. The zero-order chi connectivity index (χ0) is 13.0.